The minimum absolute atomic E-state index is 0.0358. The molecular formula is C15H19F2N3O3S. The minimum atomic E-state index is -2.91. The van der Waals surface area contributed by atoms with E-state index in [9.17, 15) is 8.78 Å². The van der Waals surface area contributed by atoms with Crippen LogP contribution in [0.5, 0.6) is 11.5 Å². The van der Waals surface area contributed by atoms with Gasteiger partial charge in [0.2, 0.25) is 0 Å². The molecular weight excluding hydrogens is 340 g/mol. The minimum Gasteiger partial charge on any atom is -0.493 e. The third-order valence-electron chi connectivity index (χ3n) is 3.30. The molecule has 0 aliphatic carbocycles. The van der Waals surface area contributed by atoms with E-state index in [1.807, 2.05) is 0 Å². The topological polar surface area (TPSA) is 64.1 Å². The zero-order valence-electron chi connectivity index (χ0n) is 13.1. The van der Waals surface area contributed by atoms with Crippen molar-refractivity contribution >= 4 is 23.5 Å². The second kappa shape index (κ2) is 9.33. The van der Waals surface area contributed by atoms with Gasteiger partial charge in [-0.1, -0.05) is 0 Å². The lowest BCUT2D eigenvalue weighted by Crippen LogP contribution is -2.37. The molecule has 1 saturated heterocycles. The van der Waals surface area contributed by atoms with Gasteiger partial charge in [-0.25, -0.2) is 0 Å². The van der Waals surface area contributed by atoms with Crippen molar-refractivity contribution in [1.82, 2.24) is 10.7 Å². The number of hydrogen-bond acceptors (Lipinski definition) is 5. The number of methoxy groups -OCH3 is 1. The van der Waals surface area contributed by atoms with Gasteiger partial charge in [-0.15, -0.1) is 0 Å². The Labute approximate surface area is 144 Å². The van der Waals surface area contributed by atoms with E-state index in [-0.39, 0.29) is 17.6 Å². The summed E-state index contributed by atoms with van der Waals surface area (Å²) in [5, 5.41) is 7.39. The second-order valence-corrected chi connectivity index (χ2v) is 5.41. The molecule has 1 atom stereocenters. The molecule has 1 aromatic rings. The zero-order chi connectivity index (χ0) is 17.4. The van der Waals surface area contributed by atoms with Crippen LogP contribution in [-0.2, 0) is 4.74 Å². The molecule has 6 nitrogen and oxygen atoms in total. The van der Waals surface area contributed by atoms with Gasteiger partial charge in [-0.2, -0.15) is 13.9 Å². The lowest BCUT2D eigenvalue weighted by molar-refractivity contribution is -0.0512. The normalized spacial score (nSPS) is 17.2. The van der Waals surface area contributed by atoms with Crippen molar-refractivity contribution in [2.75, 3.05) is 20.3 Å². The Morgan fingerprint density at radius 2 is 2.33 bits per heavy atom. The molecule has 1 aliphatic heterocycles. The maximum absolute atomic E-state index is 12.3. The highest BCUT2D eigenvalue weighted by molar-refractivity contribution is 7.80. The molecule has 0 radical (unpaired) electrons. The number of hydrazone groups is 1. The molecule has 1 aromatic carbocycles. The third kappa shape index (κ3) is 5.89. The Morgan fingerprint density at radius 1 is 1.50 bits per heavy atom. The number of alkyl halides is 2. The number of rotatable bonds is 7. The molecule has 132 valence electrons. The molecule has 9 heteroatoms. The van der Waals surface area contributed by atoms with E-state index in [0.29, 0.717) is 17.2 Å². The van der Waals surface area contributed by atoms with Crippen molar-refractivity contribution in [1.29, 1.82) is 0 Å². The fourth-order valence-electron chi connectivity index (χ4n) is 2.17. The average Bonchev–Trinajstić information content (AvgIpc) is 3.07. The Bertz CT molecular complexity index is 581. The van der Waals surface area contributed by atoms with Crippen LogP contribution < -0.4 is 20.2 Å². The molecule has 0 spiro atoms. The summed E-state index contributed by atoms with van der Waals surface area (Å²) in [6, 6.07) is 4.50. The predicted octanol–water partition coefficient (Wildman–Crippen LogP) is 2.27. The van der Waals surface area contributed by atoms with Crippen molar-refractivity contribution in [3.63, 3.8) is 0 Å². The Balaban J connectivity index is 1.83. The summed E-state index contributed by atoms with van der Waals surface area (Å²) in [4.78, 5) is 0. The SMILES string of the molecule is COc1cc(C=NNC(=S)NCC2CCCO2)ccc1OC(F)F. The fraction of sp³-hybridized carbons (Fsp3) is 0.467. The Morgan fingerprint density at radius 3 is 3.00 bits per heavy atom. The van der Waals surface area contributed by atoms with Crippen LogP contribution in [0.3, 0.4) is 0 Å². The van der Waals surface area contributed by atoms with Gasteiger partial charge in [0.1, 0.15) is 0 Å². The number of thiocarbonyl (C=S) groups is 1. The monoisotopic (exact) mass is 359 g/mol. The highest BCUT2D eigenvalue weighted by atomic mass is 32.1. The summed E-state index contributed by atoms with van der Waals surface area (Å²) in [6.07, 6.45) is 3.76. The maximum atomic E-state index is 12.3. The van der Waals surface area contributed by atoms with Gasteiger partial charge >= 0.3 is 6.61 Å². The summed E-state index contributed by atoms with van der Waals surface area (Å²) in [7, 11) is 1.37. The Hall–Kier alpha value is -2.00. The van der Waals surface area contributed by atoms with Crippen LogP contribution in [0.25, 0.3) is 0 Å². The first kappa shape index (κ1) is 18.3. The smallest absolute Gasteiger partial charge is 0.387 e. The van der Waals surface area contributed by atoms with Gasteiger partial charge in [0.05, 0.1) is 19.4 Å². The number of nitrogens with one attached hydrogen (secondary N) is 2. The van der Waals surface area contributed by atoms with Crippen molar-refractivity contribution < 1.29 is 23.0 Å². The molecule has 1 fully saturated rings. The number of nitrogens with zero attached hydrogens (tertiary/aromatic N) is 1. The second-order valence-electron chi connectivity index (χ2n) is 5.00. The van der Waals surface area contributed by atoms with Gasteiger partial charge in [0.25, 0.3) is 0 Å². The van der Waals surface area contributed by atoms with E-state index in [0.717, 1.165) is 19.4 Å². The largest absolute Gasteiger partial charge is 0.493 e. The zero-order valence-corrected chi connectivity index (χ0v) is 13.9. The van der Waals surface area contributed by atoms with E-state index in [2.05, 4.69) is 20.6 Å². The number of benzene rings is 1. The van der Waals surface area contributed by atoms with E-state index >= 15 is 0 Å². The van der Waals surface area contributed by atoms with Gasteiger partial charge in [-0.05, 0) is 48.8 Å². The first-order chi connectivity index (χ1) is 11.6. The Kier molecular flexibility index (Phi) is 7.13. The number of halogens is 2. The molecule has 0 amide bonds. The van der Waals surface area contributed by atoms with Crippen LogP contribution in [0.15, 0.2) is 23.3 Å². The fourth-order valence-corrected chi connectivity index (χ4v) is 2.31. The number of hydrogen-bond donors (Lipinski definition) is 2. The molecule has 0 aromatic heterocycles. The highest BCUT2D eigenvalue weighted by Crippen LogP contribution is 2.28. The van der Waals surface area contributed by atoms with Crippen LogP contribution in [0.2, 0.25) is 0 Å². The van der Waals surface area contributed by atoms with Crippen molar-refractivity contribution in [2.45, 2.75) is 25.6 Å². The van der Waals surface area contributed by atoms with Crippen molar-refractivity contribution in [2.24, 2.45) is 5.10 Å². The van der Waals surface area contributed by atoms with Gasteiger partial charge in [-0.3, -0.25) is 5.43 Å². The molecule has 1 heterocycles. The van der Waals surface area contributed by atoms with Gasteiger partial charge in [0.15, 0.2) is 16.6 Å². The molecule has 0 saturated carbocycles. The van der Waals surface area contributed by atoms with Crippen LogP contribution in [-0.4, -0.2) is 44.3 Å². The maximum Gasteiger partial charge on any atom is 0.387 e. The summed E-state index contributed by atoms with van der Waals surface area (Å²) in [5.41, 5.74) is 3.32. The van der Waals surface area contributed by atoms with Gasteiger partial charge in [0, 0.05) is 13.2 Å². The lowest BCUT2D eigenvalue weighted by Gasteiger charge is -2.12. The van der Waals surface area contributed by atoms with E-state index < -0.39 is 6.61 Å². The lowest BCUT2D eigenvalue weighted by atomic mass is 10.2. The van der Waals surface area contributed by atoms with E-state index in [4.69, 9.17) is 21.7 Å². The van der Waals surface area contributed by atoms with E-state index in [1.54, 1.807) is 6.07 Å². The van der Waals surface area contributed by atoms with Crippen LogP contribution in [0, 0.1) is 0 Å². The molecule has 24 heavy (non-hydrogen) atoms. The summed E-state index contributed by atoms with van der Waals surface area (Å²) < 4.78 is 39.4. The van der Waals surface area contributed by atoms with E-state index in [1.165, 1.54) is 25.5 Å². The predicted molar refractivity (Wildman–Crippen MR) is 89.9 cm³/mol. The molecule has 1 unspecified atom stereocenters. The van der Waals surface area contributed by atoms with Crippen LogP contribution in [0.4, 0.5) is 8.78 Å². The van der Waals surface area contributed by atoms with Crippen LogP contribution in [0.1, 0.15) is 18.4 Å². The molecule has 2 N–H and O–H groups in total. The average molecular weight is 359 g/mol. The number of ether oxygens (including phenoxy) is 3. The van der Waals surface area contributed by atoms with Crippen molar-refractivity contribution in [3.8, 4) is 11.5 Å². The first-order valence-electron chi connectivity index (χ1n) is 7.40. The summed E-state index contributed by atoms with van der Waals surface area (Å²) >= 11 is 5.10. The molecule has 2 rings (SSSR count). The quantitative estimate of drug-likeness (QED) is 0.442. The molecule has 1 aliphatic rings. The first-order valence-corrected chi connectivity index (χ1v) is 7.80. The third-order valence-corrected chi connectivity index (χ3v) is 3.53. The summed E-state index contributed by atoms with van der Waals surface area (Å²) in [6.45, 7) is -1.49. The molecule has 0 bridgehead atoms. The van der Waals surface area contributed by atoms with Crippen LogP contribution >= 0.6 is 12.2 Å². The van der Waals surface area contributed by atoms with Gasteiger partial charge < -0.3 is 19.5 Å². The summed E-state index contributed by atoms with van der Waals surface area (Å²) in [5.74, 6) is 0.157. The highest BCUT2D eigenvalue weighted by Gasteiger charge is 2.15. The van der Waals surface area contributed by atoms with Crippen molar-refractivity contribution in [3.05, 3.63) is 23.8 Å². The standard InChI is InChI=1S/C15H19F2N3O3S/c1-21-13-7-10(4-5-12(13)23-14(16)17)8-19-20-15(24)18-9-11-3-2-6-22-11/h4-5,7-8,11,14H,2-3,6,9H2,1H3,(H2,18,20,24).